The quantitative estimate of drug-likeness (QED) is 0.135. The Morgan fingerprint density at radius 3 is 2.38 bits per heavy atom. The molecule has 1 aromatic heterocycles. The van der Waals surface area contributed by atoms with Crippen molar-refractivity contribution in [2.75, 3.05) is 26.8 Å². The number of nitro benzene ring substituents is 1. The van der Waals surface area contributed by atoms with E-state index in [0.29, 0.717) is 38.2 Å². The Bertz CT molecular complexity index is 1210. The van der Waals surface area contributed by atoms with E-state index < -0.39 is 4.92 Å². The SMILES string of the molecule is COCCCN(CC(=O)N(Cc1ccccc1)Cc1sccc1C)C(=O)C=Cc1ccc([N+](=O)[O-])cc1. The predicted molar refractivity (Wildman–Crippen MR) is 145 cm³/mol. The molecule has 194 valence electrons. The number of benzene rings is 2. The topological polar surface area (TPSA) is 93.0 Å². The molecule has 0 bridgehead atoms. The summed E-state index contributed by atoms with van der Waals surface area (Å²) in [5.74, 6) is -0.457. The minimum Gasteiger partial charge on any atom is -0.385 e. The smallest absolute Gasteiger partial charge is 0.269 e. The Morgan fingerprint density at radius 1 is 1.03 bits per heavy atom. The number of thiophene rings is 1. The van der Waals surface area contributed by atoms with Crippen LogP contribution in [0.5, 0.6) is 0 Å². The molecule has 0 aliphatic heterocycles. The number of hydrogen-bond acceptors (Lipinski definition) is 6. The average Bonchev–Trinajstić information content (AvgIpc) is 3.31. The molecule has 1 heterocycles. The van der Waals surface area contributed by atoms with Crippen molar-refractivity contribution in [1.29, 1.82) is 0 Å². The zero-order valence-corrected chi connectivity index (χ0v) is 21.9. The van der Waals surface area contributed by atoms with Gasteiger partial charge in [0.25, 0.3) is 5.69 Å². The lowest BCUT2D eigenvalue weighted by molar-refractivity contribution is -0.384. The number of nitro groups is 1. The Hall–Kier alpha value is -3.82. The average molecular weight is 522 g/mol. The number of nitrogens with zero attached hydrogens (tertiary/aromatic N) is 3. The van der Waals surface area contributed by atoms with Gasteiger partial charge in [0.15, 0.2) is 0 Å². The molecule has 37 heavy (non-hydrogen) atoms. The predicted octanol–water partition coefficient (Wildman–Crippen LogP) is 5.07. The van der Waals surface area contributed by atoms with Crippen LogP contribution in [0.4, 0.5) is 5.69 Å². The van der Waals surface area contributed by atoms with E-state index in [-0.39, 0.29) is 24.0 Å². The molecule has 0 saturated carbocycles. The Labute approximate surface area is 220 Å². The second kappa shape index (κ2) is 14.1. The largest absolute Gasteiger partial charge is 0.385 e. The van der Waals surface area contributed by atoms with E-state index in [1.165, 1.54) is 23.1 Å². The van der Waals surface area contributed by atoms with Crippen LogP contribution in [0.3, 0.4) is 0 Å². The van der Waals surface area contributed by atoms with Gasteiger partial charge in [-0.1, -0.05) is 30.3 Å². The van der Waals surface area contributed by atoms with Crippen molar-refractivity contribution in [2.24, 2.45) is 0 Å². The van der Waals surface area contributed by atoms with E-state index in [1.54, 1.807) is 41.6 Å². The van der Waals surface area contributed by atoms with Crippen LogP contribution in [0.15, 0.2) is 72.1 Å². The van der Waals surface area contributed by atoms with Gasteiger partial charge in [-0.05, 0) is 59.7 Å². The lowest BCUT2D eigenvalue weighted by Gasteiger charge is -2.27. The van der Waals surface area contributed by atoms with Gasteiger partial charge in [-0.15, -0.1) is 11.3 Å². The molecule has 2 aromatic carbocycles. The minimum absolute atomic E-state index is 0.0187. The van der Waals surface area contributed by atoms with Crippen LogP contribution >= 0.6 is 11.3 Å². The van der Waals surface area contributed by atoms with Crippen LogP contribution in [0.2, 0.25) is 0 Å². The fourth-order valence-corrected chi connectivity index (χ4v) is 4.61. The number of hydrogen-bond donors (Lipinski definition) is 0. The van der Waals surface area contributed by atoms with Crippen molar-refractivity contribution >= 4 is 34.9 Å². The first-order valence-corrected chi connectivity index (χ1v) is 12.8. The van der Waals surface area contributed by atoms with Crippen LogP contribution in [-0.2, 0) is 27.4 Å². The fourth-order valence-electron chi connectivity index (χ4n) is 3.69. The molecule has 8 nitrogen and oxygen atoms in total. The maximum absolute atomic E-state index is 13.5. The van der Waals surface area contributed by atoms with Gasteiger partial charge >= 0.3 is 0 Å². The number of ether oxygens (including phenoxy) is 1. The number of aryl methyl sites for hydroxylation is 1. The number of carbonyl (C=O) groups excluding carboxylic acids is 2. The Balaban J connectivity index is 1.76. The number of carbonyl (C=O) groups is 2. The number of methoxy groups -OCH3 is 1. The highest BCUT2D eigenvalue weighted by Gasteiger charge is 2.21. The molecule has 0 N–H and O–H groups in total. The van der Waals surface area contributed by atoms with Gasteiger partial charge in [-0.2, -0.15) is 0 Å². The van der Waals surface area contributed by atoms with Crippen LogP contribution in [0, 0.1) is 17.0 Å². The van der Waals surface area contributed by atoms with E-state index in [0.717, 1.165) is 16.0 Å². The van der Waals surface area contributed by atoms with Gasteiger partial charge < -0.3 is 14.5 Å². The minimum atomic E-state index is -0.472. The summed E-state index contributed by atoms with van der Waals surface area (Å²) < 4.78 is 5.14. The van der Waals surface area contributed by atoms with Crippen molar-refractivity contribution in [3.8, 4) is 0 Å². The zero-order chi connectivity index (χ0) is 26.6. The molecule has 3 rings (SSSR count). The summed E-state index contributed by atoms with van der Waals surface area (Å²) >= 11 is 1.61. The first-order chi connectivity index (χ1) is 17.9. The summed E-state index contributed by atoms with van der Waals surface area (Å²) in [4.78, 5) is 41.4. The molecule has 0 fully saturated rings. The van der Waals surface area contributed by atoms with Crippen LogP contribution in [0.1, 0.15) is 28.0 Å². The highest BCUT2D eigenvalue weighted by atomic mass is 32.1. The van der Waals surface area contributed by atoms with Gasteiger partial charge in [0.1, 0.15) is 6.54 Å². The summed E-state index contributed by atoms with van der Waals surface area (Å²) in [6.45, 7) is 3.70. The van der Waals surface area contributed by atoms with Crippen molar-refractivity contribution in [3.05, 3.63) is 104 Å². The first-order valence-electron chi connectivity index (χ1n) is 11.9. The normalized spacial score (nSPS) is 11.0. The molecule has 2 amide bonds. The van der Waals surface area contributed by atoms with E-state index >= 15 is 0 Å². The number of amides is 2. The summed E-state index contributed by atoms with van der Waals surface area (Å²) in [5, 5.41) is 12.9. The molecule has 9 heteroatoms. The first kappa shape index (κ1) is 27.8. The molecule has 0 saturated heterocycles. The zero-order valence-electron chi connectivity index (χ0n) is 21.0. The molecule has 0 unspecified atom stereocenters. The molecule has 3 aromatic rings. The Morgan fingerprint density at radius 2 is 1.76 bits per heavy atom. The van der Waals surface area contributed by atoms with Gasteiger partial charge in [0.2, 0.25) is 11.8 Å². The lowest BCUT2D eigenvalue weighted by Crippen LogP contribution is -2.42. The highest BCUT2D eigenvalue weighted by molar-refractivity contribution is 7.10. The van der Waals surface area contributed by atoms with Crippen LogP contribution in [0.25, 0.3) is 6.08 Å². The maximum atomic E-state index is 13.5. The standard InChI is InChI=1S/C28H31N3O5S/c1-22-15-18-37-26(22)20-30(19-24-7-4-3-5-8-24)28(33)21-29(16-6-17-36-2)27(32)14-11-23-9-12-25(13-10-23)31(34)35/h3-5,7-15,18H,6,16-17,19-21H2,1-2H3. The monoisotopic (exact) mass is 521 g/mol. The molecular weight excluding hydrogens is 490 g/mol. The van der Waals surface area contributed by atoms with Crippen molar-refractivity contribution < 1.29 is 19.2 Å². The van der Waals surface area contributed by atoms with Gasteiger partial charge in [-0.25, -0.2) is 0 Å². The third kappa shape index (κ3) is 8.66. The third-order valence-electron chi connectivity index (χ3n) is 5.81. The molecular formula is C28H31N3O5S. The summed E-state index contributed by atoms with van der Waals surface area (Å²) in [6.07, 6.45) is 3.58. The Kier molecular flexibility index (Phi) is 10.5. The fraction of sp³-hybridized carbons (Fsp3) is 0.286. The molecule has 0 radical (unpaired) electrons. The third-order valence-corrected chi connectivity index (χ3v) is 6.82. The van der Waals surface area contributed by atoms with Gasteiger partial charge in [-0.3, -0.25) is 19.7 Å². The second-order valence-electron chi connectivity index (χ2n) is 8.55. The second-order valence-corrected chi connectivity index (χ2v) is 9.55. The van der Waals surface area contributed by atoms with Crippen LogP contribution in [-0.4, -0.2) is 53.3 Å². The van der Waals surface area contributed by atoms with Crippen molar-refractivity contribution in [1.82, 2.24) is 9.80 Å². The summed E-state index contributed by atoms with van der Waals surface area (Å²) in [5.41, 5.74) is 2.78. The summed E-state index contributed by atoms with van der Waals surface area (Å²) in [6, 6.07) is 17.7. The maximum Gasteiger partial charge on any atom is 0.269 e. The summed E-state index contributed by atoms with van der Waals surface area (Å²) in [7, 11) is 1.59. The lowest BCUT2D eigenvalue weighted by atomic mass is 10.2. The number of rotatable bonds is 13. The number of non-ortho nitro benzene ring substituents is 1. The molecule has 0 aliphatic carbocycles. The van der Waals surface area contributed by atoms with E-state index in [4.69, 9.17) is 4.74 Å². The van der Waals surface area contributed by atoms with Crippen molar-refractivity contribution in [3.63, 3.8) is 0 Å². The van der Waals surface area contributed by atoms with Crippen molar-refractivity contribution in [2.45, 2.75) is 26.4 Å². The van der Waals surface area contributed by atoms with E-state index in [2.05, 4.69) is 0 Å². The van der Waals surface area contributed by atoms with Crippen LogP contribution < -0.4 is 0 Å². The van der Waals surface area contributed by atoms with E-state index in [1.807, 2.05) is 48.7 Å². The molecule has 0 atom stereocenters. The van der Waals surface area contributed by atoms with E-state index in [9.17, 15) is 19.7 Å². The molecule has 0 spiro atoms. The van der Waals surface area contributed by atoms with Gasteiger partial charge in [0.05, 0.1) is 11.5 Å². The highest BCUT2D eigenvalue weighted by Crippen LogP contribution is 2.20. The van der Waals surface area contributed by atoms with Gasteiger partial charge in [0, 0.05) is 49.9 Å². The molecule has 0 aliphatic rings.